The third kappa shape index (κ3) is 3.99. The van der Waals surface area contributed by atoms with Crippen molar-refractivity contribution in [3.63, 3.8) is 0 Å². The molecule has 6 nitrogen and oxygen atoms in total. The van der Waals surface area contributed by atoms with Crippen molar-refractivity contribution in [2.75, 3.05) is 31.1 Å². The Balaban J connectivity index is 1.45. The normalized spacial score (nSPS) is 22.3. The number of hydrogen-bond acceptors (Lipinski definition) is 5. The molecule has 0 aromatic carbocycles. The predicted octanol–water partition coefficient (Wildman–Crippen LogP) is 2.80. The van der Waals surface area contributed by atoms with Crippen molar-refractivity contribution >= 4 is 11.7 Å². The number of rotatable bonds is 4. The van der Waals surface area contributed by atoms with Gasteiger partial charge in [-0.2, -0.15) is 5.26 Å². The lowest BCUT2D eigenvalue weighted by Gasteiger charge is -2.48. The molecule has 0 bridgehead atoms. The molecule has 0 aliphatic carbocycles. The number of carbonyl (C=O) groups is 1. The van der Waals surface area contributed by atoms with Crippen LogP contribution in [0, 0.1) is 16.7 Å². The Labute approximate surface area is 165 Å². The van der Waals surface area contributed by atoms with Gasteiger partial charge < -0.3 is 9.80 Å². The van der Waals surface area contributed by atoms with Gasteiger partial charge in [0.25, 0.3) is 0 Å². The van der Waals surface area contributed by atoms with Crippen LogP contribution in [-0.4, -0.2) is 47.0 Å². The largest absolute Gasteiger partial charge is 0.356 e. The molecule has 144 valence electrons. The highest BCUT2D eigenvalue weighted by Gasteiger charge is 2.41. The average molecular weight is 375 g/mol. The fraction of sp³-hybridized carbons (Fsp3) is 0.455. The first-order chi connectivity index (χ1) is 13.7. The maximum absolute atomic E-state index is 12.5. The van der Waals surface area contributed by atoms with Gasteiger partial charge in [-0.15, -0.1) is 0 Å². The first kappa shape index (κ1) is 18.4. The Morgan fingerprint density at radius 1 is 1.14 bits per heavy atom. The second-order valence-electron chi connectivity index (χ2n) is 7.90. The van der Waals surface area contributed by atoms with Crippen molar-refractivity contribution in [1.82, 2.24) is 14.9 Å². The molecule has 0 saturated carbocycles. The quantitative estimate of drug-likeness (QED) is 0.822. The van der Waals surface area contributed by atoms with Crippen molar-refractivity contribution < 1.29 is 4.79 Å². The molecule has 2 fully saturated rings. The van der Waals surface area contributed by atoms with Crippen molar-refractivity contribution in [2.24, 2.45) is 5.41 Å². The molecular weight excluding hydrogens is 350 g/mol. The van der Waals surface area contributed by atoms with Gasteiger partial charge in [-0.3, -0.25) is 9.78 Å². The molecule has 2 saturated heterocycles. The summed E-state index contributed by atoms with van der Waals surface area (Å²) in [7, 11) is 0. The van der Waals surface area contributed by atoms with Gasteiger partial charge in [0.2, 0.25) is 5.91 Å². The number of piperidine rings is 2. The van der Waals surface area contributed by atoms with Gasteiger partial charge in [0, 0.05) is 56.3 Å². The number of aromatic nitrogens is 2. The summed E-state index contributed by atoms with van der Waals surface area (Å²) in [5, 5.41) is 9.14. The van der Waals surface area contributed by atoms with E-state index in [2.05, 4.69) is 20.9 Å². The zero-order chi connectivity index (χ0) is 19.4. The van der Waals surface area contributed by atoms with Gasteiger partial charge in [0.15, 0.2) is 0 Å². The fourth-order valence-electron chi connectivity index (χ4n) is 4.50. The molecular formula is C22H25N5O. The van der Waals surface area contributed by atoms with Gasteiger partial charge in [0.1, 0.15) is 17.6 Å². The first-order valence-corrected chi connectivity index (χ1v) is 9.97. The van der Waals surface area contributed by atoms with E-state index in [9.17, 15) is 4.79 Å². The van der Waals surface area contributed by atoms with Crippen LogP contribution < -0.4 is 4.90 Å². The van der Waals surface area contributed by atoms with E-state index in [1.54, 1.807) is 12.3 Å². The molecule has 0 unspecified atom stereocenters. The summed E-state index contributed by atoms with van der Waals surface area (Å²) in [5.41, 5.74) is 1.59. The molecule has 2 aliphatic rings. The SMILES string of the molecule is N#Cc1cccc(N2CCC[C@@]3(CCC(=O)N(CCc4ccccn4)C3)C2)n1. The maximum Gasteiger partial charge on any atom is 0.222 e. The van der Waals surface area contributed by atoms with Crippen LogP contribution in [0.15, 0.2) is 42.6 Å². The summed E-state index contributed by atoms with van der Waals surface area (Å²) in [5.74, 6) is 1.12. The third-order valence-electron chi connectivity index (χ3n) is 5.95. The highest BCUT2D eigenvalue weighted by Crippen LogP contribution is 2.39. The van der Waals surface area contributed by atoms with Crippen LogP contribution in [0.2, 0.25) is 0 Å². The minimum Gasteiger partial charge on any atom is -0.356 e. The van der Waals surface area contributed by atoms with Gasteiger partial charge in [0.05, 0.1) is 0 Å². The third-order valence-corrected chi connectivity index (χ3v) is 5.95. The Hall–Kier alpha value is -2.94. The Bertz CT molecular complexity index is 878. The summed E-state index contributed by atoms with van der Waals surface area (Å²) in [6.07, 6.45) is 6.35. The van der Waals surface area contributed by atoms with E-state index in [1.807, 2.05) is 35.2 Å². The highest BCUT2D eigenvalue weighted by molar-refractivity contribution is 5.77. The molecule has 2 aromatic rings. The number of hydrogen-bond donors (Lipinski definition) is 0. The van der Waals surface area contributed by atoms with E-state index in [0.29, 0.717) is 12.1 Å². The molecule has 1 spiro atoms. The number of carbonyl (C=O) groups excluding carboxylic acids is 1. The zero-order valence-electron chi connectivity index (χ0n) is 16.0. The van der Waals surface area contributed by atoms with Crippen molar-refractivity contribution in [3.8, 4) is 6.07 Å². The van der Waals surface area contributed by atoms with Gasteiger partial charge in [-0.05, 0) is 43.5 Å². The van der Waals surface area contributed by atoms with Crippen LogP contribution in [0.25, 0.3) is 0 Å². The maximum atomic E-state index is 12.5. The van der Waals surface area contributed by atoms with Crippen LogP contribution in [0.1, 0.15) is 37.1 Å². The van der Waals surface area contributed by atoms with Crippen molar-refractivity contribution in [2.45, 2.75) is 32.1 Å². The van der Waals surface area contributed by atoms with Crippen LogP contribution in [-0.2, 0) is 11.2 Å². The minimum absolute atomic E-state index is 0.112. The Morgan fingerprint density at radius 2 is 2.07 bits per heavy atom. The Morgan fingerprint density at radius 3 is 2.89 bits per heavy atom. The lowest BCUT2D eigenvalue weighted by Crippen LogP contribution is -2.54. The number of pyridine rings is 2. The molecule has 2 aromatic heterocycles. The smallest absolute Gasteiger partial charge is 0.222 e. The number of nitrogens with zero attached hydrogens (tertiary/aromatic N) is 5. The standard InChI is InChI=1S/C22H25N5O/c23-15-19-6-3-7-20(25-19)26-13-4-10-22(16-26)11-8-21(28)27(17-22)14-9-18-5-1-2-12-24-18/h1-3,5-7,12H,4,8-11,13-14,16-17H2/t22-/m1/s1. The molecule has 4 rings (SSSR count). The van der Waals surface area contributed by atoms with Crippen LogP contribution in [0.4, 0.5) is 5.82 Å². The predicted molar refractivity (Wildman–Crippen MR) is 107 cm³/mol. The second-order valence-corrected chi connectivity index (χ2v) is 7.90. The van der Waals surface area contributed by atoms with E-state index in [4.69, 9.17) is 5.26 Å². The van der Waals surface area contributed by atoms with Crippen LogP contribution in [0.5, 0.6) is 0 Å². The van der Waals surface area contributed by atoms with Crippen LogP contribution in [0.3, 0.4) is 0 Å². The van der Waals surface area contributed by atoms with E-state index < -0.39 is 0 Å². The second kappa shape index (κ2) is 7.97. The monoisotopic (exact) mass is 375 g/mol. The van der Waals surface area contributed by atoms with Crippen molar-refractivity contribution in [3.05, 3.63) is 54.0 Å². The molecule has 28 heavy (non-hydrogen) atoms. The van der Waals surface area contributed by atoms with Crippen LogP contribution >= 0.6 is 0 Å². The van der Waals surface area contributed by atoms with E-state index in [0.717, 1.165) is 63.4 Å². The average Bonchev–Trinajstić information content (AvgIpc) is 2.75. The highest BCUT2D eigenvalue weighted by atomic mass is 16.2. The van der Waals surface area contributed by atoms with Gasteiger partial charge >= 0.3 is 0 Å². The van der Waals surface area contributed by atoms with E-state index >= 15 is 0 Å². The molecule has 1 atom stereocenters. The molecule has 6 heteroatoms. The number of likely N-dealkylation sites (tertiary alicyclic amines) is 1. The molecule has 1 amide bonds. The number of anilines is 1. The summed E-state index contributed by atoms with van der Waals surface area (Å²) in [6, 6.07) is 13.7. The fourth-order valence-corrected chi connectivity index (χ4v) is 4.50. The molecule has 0 N–H and O–H groups in total. The summed E-state index contributed by atoms with van der Waals surface area (Å²) in [4.78, 5) is 25.7. The van der Waals surface area contributed by atoms with Gasteiger partial charge in [-0.25, -0.2) is 4.98 Å². The van der Waals surface area contributed by atoms with E-state index in [1.165, 1.54) is 0 Å². The summed E-state index contributed by atoms with van der Waals surface area (Å²) < 4.78 is 0. The summed E-state index contributed by atoms with van der Waals surface area (Å²) >= 11 is 0. The zero-order valence-corrected chi connectivity index (χ0v) is 16.0. The van der Waals surface area contributed by atoms with Gasteiger partial charge in [-0.1, -0.05) is 12.1 Å². The lowest BCUT2D eigenvalue weighted by atomic mass is 9.73. The lowest BCUT2D eigenvalue weighted by molar-refractivity contribution is -0.137. The summed E-state index contributed by atoms with van der Waals surface area (Å²) in [6.45, 7) is 3.36. The Kier molecular flexibility index (Phi) is 5.25. The number of amides is 1. The molecule has 4 heterocycles. The first-order valence-electron chi connectivity index (χ1n) is 9.97. The molecule has 2 aliphatic heterocycles. The number of nitriles is 1. The molecule has 0 radical (unpaired) electrons. The van der Waals surface area contributed by atoms with E-state index in [-0.39, 0.29) is 11.3 Å². The topological polar surface area (TPSA) is 73.1 Å². The minimum atomic E-state index is 0.112. The van der Waals surface area contributed by atoms with Crippen molar-refractivity contribution in [1.29, 1.82) is 5.26 Å².